The molecule has 0 bridgehead atoms. The van der Waals surface area contributed by atoms with Gasteiger partial charge in [-0.15, -0.1) is 0 Å². The molecule has 0 aliphatic heterocycles. The van der Waals surface area contributed by atoms with Crippen LogP contribution in [0.4, 0.5) is 4.79 Å². The van der Waals surface area contributed by atoms with Crippen LogP contribution < -0.4 is 5.32 Å². The van der Waals surface area contributed by atoms with Gasteiger partial charge in [-0.3, -0.25) is 4.79 Å². The van der Waals surface area contributed by atoms with Crippen molar-refractivity contribution in [2.24, 2.45) is 5.92 Å². The van der Waals surface area contributed by atoms with Crippen molar-refractivity contribution >= 4 is 11.9 Å². The van der Waals surface area contributed by atoms with Gasteiger partial charge in [0.15, 0.2) is 0 Å². The molecule has 2 unspecified atom stereocenters. The van der Waals surface area contributed by atoms with Crippen molar-refractivity contribution in [3.8, 4) is 0 Å². The summed E-state index contributed by atoms with van der Waals surface area (Å²) in [6.07, 6.45) is 2.10. The zero-order valence-electron chi connectivity index (χ0n) is 10.0. The molecule has 0 heterocycles. The van der Waals surface area contributed by atoms with Gasteiger partial charge >= 0.3 is 6.09 Å². The summed E-state index contributed by atoms with van der Waals surface area (Å²) in [4.78, 5) is 21.8. The van der Waals surface area contributed by atoms with Crippen molar-refractivity contribution in [1.29, 1.82) is 0 Å². The number of nitrogens with one attached hydrogen (secondary N) is 1. The Hall–Kier alpha value is -1.06. The highest BCUT2D eigenvalue weighted by Gasteiger charge is 2.28. The first-order chi connectivity index (χ1) is 7.13. The fourth-order valence-corrected chi connectivity index (χ4v) is 1.71. The third kappa shape index (κ3) is 4.81. The molecule has 1 rings (SSSR count). The number of hydrogen-bond donors (Lipinski definition) is 1. The topological polar surface area (TPSA) is 55.4 Å². The smallest absolute Gasteiger partial charge is 0.407 e. The number of carbonyl (C=O) groups excluding carboxylic acids is 2. The monoisotopic (exact) mass is 215 g/mol. The van der Waals surface area contributed by atoms with Crippen LogP contribution in [0.1, 0.15) is 40.0 Å². The summed E-state index contributed by atoms with van der Waals surface area (Å²) < 4.78 is 4.47. The summed E-state index contributed by atoms with van der Waals surface area (Å²) in [6.45, 7) is 5.60. The van der Waals surface area contributed by atoms with Crippen LogP contribution in [0.5, 0.6) is 0 Å². The Morgan fingerprint density at radius 1 is 1.27 bits per heavy atom. The maximum atomic E-state index is 11.0. The quantitative estimate of drug-likeness (QED) is 0.767. The van der Waals surface area contributed by atoms with Gasteiger partial charge in [-0.05, 0) is 26.2 Å². The van der Waals surface area contributed by atoms with Gasteiger partial charge in [0.1, 0.15) is 5.78 Å². The Labute approximate surface area is 91.4 Å². The van der Waals surface area contributed by atoms with Crippen molar-refractivity contribution in [3.05, 3.63) is 0 Å². The Kier molecular flexibility index (Phi) is 6.75. The maximum absolute atomic E-state index is 11.0. The van der Waals surface area contributed by atoms with Gasteiger partial charge in [0.05, 0.1) is 7.11 Å². The van der Waals surface area contributed by atoms with E-state index in [1.807, 2.05) is 13.8 Å². The molecule has 88 valence electrons. The summed E-state index contributed by atoms with van der Waals surface area (Å²) in [6, 6.07) is 0.112. The zero-order valence-corrected chi connectivity index (χ0v) is 10.0. The van der Waals surface area contributed by atoms with Crippen molar-refractivity contribution in [3.63, 3.8) is 0 Å². The highest BCUT2D eigenvalue weighted by Crippen LogP contribution is 2.26. The number of amides is 1. The predicted molar refractivity (Wildman–Crippen MR) is 58.7 cm³/mol. The lowest BCUT2D eigenvalue weighted by Crippen LogP contribution is -2.32. The summed E-state index contributed by atoms with van der Waals surface area (Å²) >= 11 is 0. The fraction of sp³-hybridized carbons (Fsp3) is 0.818. The van der Waals surface area contributed by atoms with E-state index < -0.39 is 6.09 Å². The molecular formula is C11H21NO3. The second-order valence-corrected chi connectivity index (χ2v) is 3.45. The van der Waals surface area contributed by atoms with Crippen molar-refractivity contribution < 1.29 is 14.3 Å². The van der Waals surface area contributed by atoms with Crippen LogP contribution in [0.2, 0.25) is 0 Å². The number of hydrogen-bond acceptors (Lipinski definition) is 3. The minimum absolute atomic E-state index is 0.112. The van der Waals surface area contributed by atoms with Gasteiger partial charge in [0, 0.05) is 12.0 Å². The molecule has 0 aromatic rings. The number of methoxy groups -OCH3 is 1. The van der Waals surface area contributed by atoms with Gasteiger partial charge in [0.2, 0.25) is 0 Å². The Morgan fingerprint density at radius 2 is 1.87 bits per heavy atom. The molecule has 0 radical (unpaired) electrons. The number of rotatable bonds is 2. The van der Waals surface area contributed by atoms with Crippen molar-refractivity contribution in [2.75, 3.05) is 7.11 Å². The lowest BCUT2D eigenvalue weighted by atomic mass is 10.0. The van der Waals surface area contributed by atoms with E-state index in [0.717, 1.165) is 19.3 Å². The Balaban J connectivity index is 0.000000921. The van der Waals surface area contributed by atoms with E-state index >= 15 is 0 Å². The van der Waals surface area contributed by atoms with Crippen LogP contribution in [-0.2, 0) is 9.53 Å². The molecule has 1 N–H and O–H groups in total. The molecule has 0 aromatic heterocycles. The number of Topliss-reactive ketones (excluding diaryl/α,β-unsaturated/α-hetero) is 1. The highest BCUT2D eigenvalue weighted by molar-refractivity contribution is 5.78. The summed E-state index contributed by atoms with van der Waals surface area (Å²) in [5.41, 5.74) is 0. The Morgan fingerprint density at radius 3 is 2.27 bits per heavy atom. The minimum atomic E-state index is -0.408. The lowest BCUT2D eigenvalue weighted by molar-refractivity contribution is -0.120. The van der Waals surface area contributed by atoms with Crippen LogP contribution in [0.25, 0.3) is 0 Å². The molecule has 0 saturated heterocycles. The fourth-order valence-electron chi connectivity index (χ4n) is 1.71. The van der Waals surface area contributed by atoms with Gasteiger partial charge < -0.3 is 10.1 Å². The van der Waals surface area contributed by atoms with Crippen LogP contribution in [-0.4, -0.2) is 25.0 Å². The molecule has 2 atom stereocenters. The highest BCUT2D eigenvalue weighted by atomic mass is 16.5. The van der Waals surface area contributed by atoms with E-state index in [9.17, 15) is 9.59 Å². The summed E-state index contributed by atoms with van der Waals surface area (Å²) in [5.74, 6) is 0.344. The first kappa shape index (κ1) is 13.9. The van der Waals surface area contributed by atoms with E-state index in [1.54, 1.807) is 6.92 Å². The zero-order chi connectivity index (χ0) is 11.8. The first-order valence-corrected chi connectivity index (χ1v) is 5.48. The van der Waals surface area contributed by atoms with Gasteiger partial charge in [-0.25, -0.2) is 4.79 Å². The van der Waals surface area contributed by atoms with Gasteiger partial charge in [-0.1, -0.05) is 13.8 Å². The van der Waals surface area contributed by atoms with E-state index in [2.05, 4.69) is 10.1 Å². The second-order valence-electron chi connectivity index (χ2n) is 3.45. The number of ether oxygens (including phenoxy) is 1. The van der Waals surface area contributed by atoms with Crippen LogP contribution >= 0.6 is 0 Å². The molecule has 0 spiro atoms. The standard InChI is InChI=1S/C9H15NO3.C2H6/c1-6(11)7-3-4-8(5-7)10-9(12)13-2;1-2/h7-8H,3-5H2,1-2H3,(H,10,12);1-2H3. The predicted octanol–water partition coefficient (Wildman–Crippen LogP) is 2.13. The van der Waals surface area contributed by atoms with E-state index in [1.165, 1.54) is 7.11 Å². The molecular weight excluding hydrogens is 194 g/mol. The Bertz CT molecular complexity index is 216. The molecule has 1 aliphatic carbocycles. The molecule has 1 aliphatic rings. The van der Waals surface area contributed by atoms with E-state index in [4.69, 9.17) is 0 Å². The molecule has 4 nitrogen and oxygen atoms in total. The number of ketones is 1. The van der Waals surface area contributed by atoms with E-state index in [0.29, 0.717) is 0 Å². The minimum Gasteiger partial charge on any atom is -0.453 e. The molecule has 1 saturated carbocycles. The van der Waals surface area contributed by atoms with Crippen molar-refractivity contribution in [1.82, 2.24) is 5.32 Å². The summed E-state index contributed by atoms with van der Waals surface area (Å²) in [7, 11) is 1.34. The van der Waals surface area contributed by atoms with E-state index in [-0.39, 0.29) is 17.7 Å². The molecule has 1 fully saturated rings. The number of carbonyl (C=O) groups is 2. The molecule has 0 aromatic carbocycles. The largest absolute Gasteiger partial charge is 0.453 e. The third-order valence-electron chi connectivity index (χ3n) is 2.51. The average molecular weight is 215 g/mol. The first-order valence-electron chi connectivity index (χ1n) is 5.48. The molecule has 15 heavy (non-hydrogen) atoms. The van der Waals surface area contributed by atoms with Crippen LogP contribution in [0, 0.1) is 5.92 Å². The third-order valence-corrected chi connectivity index (χ3v) is 2.51. The summed E-state index contributed by atoms with van der Waals surface area (Å²) in [5, 5.41) is 2.70. The number of alkyl carbamates (subject to hydrolysis) is 1. The molecule has 1 amide bonds. The maximum Gasteiger partial charge on any atom is 0.407 e. The van der Waals surface area contributed by atoms with Crippen molar-refractivity contribution in [2.45, 2.75) is 46.1 Å². The van der Waals surface area contributed by atoms with Crippen LogP contribution in [0.3, 0.4) is 0 Å². The second kappa shape index (κ2) is 7.26. The van der Waals surface area contributed by atoms with Crippen LogP contribution in [0.15, 0.2) is 0 Å². The average Bonchev–Trinajstić information content (AvgIpc) is 2.69. The van der Waals surface area contributed by atoms with Gasteiger partial charge in [-0.2, -0.15) is 0 Å². The normalized spacial score (nSPS) is 23.7. The lowest BCUT2D eigenvalue weighted by Gasteiger charge is -2.10. The SMILES string of the molecule is CC.COC(=O)NC1CCC(C(C)=O)C1. The van der Waals surface area contributed by atoms with Gasteiger partial charge in [0.25, 0.3) is 0 Å². The molecule has 4 heteroatoms.